The van der Waals surface area contributed by atoms with E-state index in [1.807, 2.05) is 0 Å². The van der Waals surface area contributed by atoms with Gasteiger partial charge in [0.2, 0.25) is 5.91 Å². The summed E-state index contributed by atoms with van der Waals surface area (Å²) in [6.07, 6.45) is 4.01. The number of anilines is 2. The third-order valence-corrected chi connectivity index (χ3v) is 4.36. The summed E-state index contributed by atoms with van der Waals surface area (Å²) in [6.45, 7) is 4.18. The van der Waals surface area contributed by atoms with Crippen molar-refractivity contribution in [1.29, 1.82) is 0 Å². The van der Waals surface area contributed by atoms with Gasteiger partial charge in [-0.05, 0) is 36.5 Å². The molecule has 1 amide bonds. The first-order chi connectivity index (χ1) is 9.81. The summed E-state index contributed by atoms with van der Waals surface area (Å²) in [6, 6.07) is 4.43. The summed E-state index contributed by atoms with van der Waals surface area (Å²) in [5.41, 5.74) is 6.39. The van der Waals surface area contributed by atoms with Gasteiger partial charge in [0.1, 0.15) is 0 Å². The van der Waals surface area contributed by atoms with E-state index in [9.17, 15) is 14.7 Å². The second kappa shape index (κ2) is 5.76. The molecule has 114 valence electrons. The van der Waals surface area contributed by atoms with Crippen molar-refractivity contribution in [3.8, 4) is 0 Å². The molecule has 0 radical (unpaired) electrons. The van der Waals surface area contributed by atoms with Crippen LogP contribution in [0.5, 0.6) is 0 Å². The molecule has 0 saturated heterocycles. The highest BCUT2D eigenvalue weighted by Gasteiger charge is 2.37. The summed E-state index contributed by atoms with van der Waals surface area (Å²) in [7, 11) is 0. The minimum Gasteiger partial charge on any atom is -0.478 e. The van der Waals surface area contributed by atoms with E-state index in [2.05, 4.69) is 19.2 Å². The number of benzene rings is 1. The molecule has 1 unspecified atom stereocenters. The van der Waals surface area contributed by atoms with Crippen LogP contribution >= 0.6 is 0 Å². The maximum atomic E-state index is 12.5. The van der Waals surface area contributed by atoms with Crippen LogP contribution in [0, 0.1) is 11.3 Å². The molecular formula is C16H22N2O3. The Labute approximate surface area is 124 Å². The number of nitrogen functional groups attached to an aromatic ring is 1. The van der Waals surface area contributed by atoms with Gasteiger partial charge in [0.15, 0.2) is 0 Å². The third kappa shape index (κ3) is 3.35. The average Bonchev–Trinajstić information content (AvgIpc) is 2.37. The lowest BCUT2D eigenvalue weighted by atomic mass is 9.68. The first-order valence-corrected chi connectivity index (χ1v) is 7.25. The van der Waals surface area contributed by atoms with E-state index in [0.717, 1.165) is 25.7 Å². The molecule has 1 aromatic rings. The first-order valence-electron chi connectivity index (χ1n) is 7.25. The topological polar surface area (TPSA) is 92.4 Å². The molecule has 1 atom stereocenters. The minimum atomic E-state index is -1.08. The van der Waals surface area contributed by atoms with Crippen LogP contribution in [-0.2, 0) is 4.79 Å². The molecule has 5 heteroatoms. The van der Waals surface area contributed by atoms with E-state index in [0.29, 0.717) is 5.69 Å². The molecule has 2 rings (SSSR count). The number of carbonyl (C=O) groups excluding carboxylic acids is 1. The van der Waals surface area contributed by atoms with Crippen molar-refractivity contribution in [1.82, 2.24) is 0 Å². The van der Waals surface area contributed by atoms with E-state index >= 15 is 0 Å². The predicted molar refractivity (Wildman–Crippen MR) is 82.2 cm³/mol. The predicted octanol–water partition coefficient (Wildman–Crippen LogP) is 3.12. The van der Waals surface area contributed by atoms with Gasteiger partial charge in [-0.25, -0.2) is 4.79 Å². The number of carboxylic acid groups (broad SMARTS) is 1. The van der Waals surface area contributed by atoms with Crippen molar-refractivity contribution in [2.75, 3.05) is 11.1 Å². The van der Waals surface area contributed by atoms with Crippen molar-refractivity contribution >= 4 is 23.3 Å². The maximum Gasteiger partial charge on any atom is 0.337 e. The number of carboxylic acids is 1. The summed E-state index contributed by atoms with van der Waals surface area (Å²) >= 11 is 0. The Balaban J connectivity index is 2.23. The average molecular weight is 290 g/mol. The normalized spacial score (nSPS) is 20.8. The monoisotopic (exact) mass is 290 g/mol. The number of amides is 1. The summed E-state index contributed by atoms with van der Waals surface area (Å²) in [4.78, 5) is 23.8. The van der Waals surface area contributed by atoms with Gasteiger partial charge in [0.05, 0.1) is 11.3 Å². The van der Waals surface area contributed by atoms with Crippen LogP contribution in [0.25, 0.3) is 0 Å². The number of hydrogen-bond acceptors (Lipinski definition) is 3. The molecule has 4 N–H and O–H groups in total. The molecule has 0 aliphatic heterocycles. The smallest absolute Gasteiger partial charge is 0.337 e. The van der Waals surface area contributed by atoms with E-state index in [-0.39, 0.29) is 28.5 Å². The van der Waals surface area contributed by atoms with Crippen molar-refractivity contribution in [3.05, 3.63) is 23.8 Å². The van der Waals surface area contributed by atoms with Crippen LogP contribution in [0.2, 0.25) is 0 Å². The number of nitrogens with one attached hydrogen (secondary N) is 1. The second-order valence-corrected chi connectivity index (χ2v) is 6.39. The largest absolute Gasteiger partial charge is 0.478 e. The zero-order valence-corrected chi connectivity index (χ0v) is 12.5. The second-order valence-electron chi connectivity index (χ2n) is 6.39. The molecule has 1 aliphatic carbocycles. The molecule has 21 heavy (non-hydrogen) atoms. The van der Waals surface area contributed by atoms with Gasteiger partial charge in [-0.1, -0.05) is 26.7 Å². The molecule has 1 saturated carbocycles. The van der Waals surface area contributed by atoms with Crippen LogP contribution in [0.3, 0.4) is 0 Å². The summed E-state index contributed by atoms with van der Waals surface area (Å²) in [5, 5.41) is 11.9. The van der Waals surface area contributed by atoms with Gasteiger partial charge < -0.3 is 16.2 Å². The Kier molecular flexibility index (Phi) is 4.21. The standard InChI is InChI=1S/C16H22N2O3/c1-16(2)8-4-3-5-12(16)14(19)18-13-9-10(17)6-7-11(13)15(20)21/h6-7,9,12H,3-5,8,17H2,1-2H3,(H,18,19)(H,20,21). The lowest BCUT2D eigenvalue weighted by Gasteiger charge is -2.37. The van der Waals surface area contributed by atoms with Gasteiger partial charge in [-0.3, -0.25) is 4.79 Å². The zero-order valence-electron chi connectivity index (χ0n) is 12.5. The lowest BCUT2D eigenvalue weighted by molar-refractivity contribution is -0.124. The van der Waals surface area contributed by atoms with E-state index in [4.69, 9.17) is 5.73 Å². The van der Waals surface area contributed by atoms with Crippen molar-refractivity contribution in [2.45, 2.75) is 39.5 Å². The summed E-state index contributed by atoms with van der Waals surface area (Å²) in [5.74, 6) is -1.30. The Hall–Kier alpha value is -2.04. The third-order valence-electron chi connectivity index (χ3n) is 4.36. The van der Waals surface area contributed by atoms with Crippen LogP contribution < -0.4 is 11.1 Å². The number of nitrogens with two attached hydrogens (primary N) is 1. The van der Waals surface area contributed by atoms with Crippen molar-refractivity contribution in [3.63, 3.8) is 0 Å². The molecule has 0 bridgehead atoms. The van der Waals surface area contributed by atoms with Crippen molar-refractivity contribution < 1.29 is 14.7 Å². The van der Waals surface area contributed by atoms with Gasteiger partial charge in [-0.15, -0.1) is 0 Å². The fourth-order valence-electron chi connectivity index (χ4n) is 3.05. The SMILES string of the molecule is CC1(C)CCCCC1C(=O)Nc1cc(N)ccc1C(=O)O. The zero-order chi connectivity index (χ0) is 15.6. The Morgan fingerprint density at radius 3 is 2.67 bits per heavy atom. The molecule has 0 aromatic heterocycles. The molecule has 5 nitrogen and oxygen atoms in total. The van der Waals surface area contributed by atoms with E-state index in [1.165, 1.54) is 18.2 Å². The molecule has 1 fully saturated rings. The van der Waals surface area contributed by atoms with Gasteiger partial charge in [0.25, 0.3) is 0 Å². The Bertz CT molecular complexity index is 567. The van der Waals surface area contributed by atoms with Gasteiger partial charge >= 0.3 is 5.97 Å². The van der Waals surface area contributed by atoms with Crippen molar-refractivity contribution in [2.24, 2.45) is 11.3 Å². The highest BCUT2D eigenvalue weighted by atomic mass is 16.4. The molecular weight excluding hydrogens is 268 g/mol. The fraction of sp³-hybridized carbons (Fsp3) is 0.500. The number of hydrogen-bond donors (Lipinski definition) is 3. The van der Waals surface area contributed by atoms with E-state index in [1.54, 1.807) is 0 Å². The van der Waals surface area contributed by atoms with Gasteiger partial charge in [0, 0.05) is 11.6 Å². The molecule has 1 aliphatic rings. The quantitative estimate of drug-likeness (QED) is 0.746. The number of carbonyl (C=O) groups is 2. The van der Waals surface area contributed by atoms with Crippen LogP contribution in [0.15, 0.2) is 18.2 Å². The Morgan fingerprint density at radius 2 is 2.05 bits per heavy atom. The van der Waals surface area contributed by atoms with E-state index < -0.39 is 5.97 Å². The van der Waals surface area contributed by atoms with Crippen LogP contribution in [0.4, 0.5) is 11.4 Å². The maximum absolute atomic E-state index is 12.5. The number of rotatable bonds is 3. The molecule has 0 spiro atoms. The fourth-order valence-corrected chi connectivity index (χ4v) is 3.05. The summed E-state index contributed by atoms with van der Waals surface area (Å²) < 4.78 is 0. The molecule has 1 aromatic carbocycles. The van der Waals surface area contributed by atoms with Crippen LogP contribution in [-0.4, -0.2) is 17.0 Å². The molecule has 0 heterocycles. The van der Waals surface area contributed by atoms with Gasteiger partial charge in [-0.2, -0.15) is 0 Å². The highest BCUT2D eigenvalue weighted by Crippen LogP contribution is 2.41. The van der Waals surface area contributed by atoms with Crippen LogP contribution in [0.1, 0.15) is 49.9 Å². The number of aromatic carboxylic acids is 1. The Morgan fingerprint density at radius 1 is 1.33 bits per heavy atom. The highest BCUT2D eigenvalue weighted by molar-refractivity contribution is 6.02. The minimum absolute atomic E-state index is 0.0613. The lowest BCUT2D eigenvalue weighted by Crippen LogP contribution is -2.37. The first kappa shape index (κ1) is 15.4.